The van der Waals surface area contributed by atoms with Crippen molar-refractivity contribution in [3.05, 3.63) is 47.7 Å². The Balaban J connectivity index is 2.01. The van der Waals surface area contributed by atoms with Crippen molar-refractivity contribution < 1.29 is 0 Å². The molecule has 1 aromatic rings. The Labute approximate surface area is 120 Å². The summed E-state index contributed by atoms with van der Waals surface area (Å²) in [4.78, 5) is 9.12. The van der Waals surface area contributed by atoms with E-state index in [4.69, 9.17) is 4.99 Å². The highest BCUT2D eigenvalue weighted by molar-refractivity contribution is 6.03. The zero-order valence-electron chi connectivity index (χ0n) is 12.6. The van der Waals surface area contributed by atoms with Crippen LogP contribution in [0.15, 0.2) is 47.1 Å². The van der Waals surface area contributed by atoms with Crippen LogP contribution in [-0.2, 0) is 6.42 Å². The van der Waals surface area contributed by atoms with E-state index in [-0.39, 0.29) is 0 Å². The fraction of sp³-hybridized carbons (Fsp3) is 0.353. The number of rotatable bonds is 2. The van der Waals surface area contributed by atoms with E-state index in [1.165, 1.54) is 22.7 Å². The van der Waals surface area contributed by atoms with Crippen LogP contribution in [0, 0.1) is 5.92 Å². The summed E-state index contributed by atoms with van der Waals surface area (Å²) in [5.74, 6) is 0.427. The Kier molecular flexibility index (Phi) is 3.13. The average molecular weight is 267 g/mol. The number of fused-ring (bicyclic) bond motifs is 2. The van der Waals surface area contributed by atoms with Crippen LogP contribution in [0.1, 0.15) is 5.56 Å². The van der Waals surface area contributed by atoms with Crippen LogP contribution in [0.2, 0.25) is 0 Å². The van der Waals surface area contributed by atoms with E-state index >= 15 is 0 Å². The fourth-order valence-corrected chi connectivity index (χ4v) is 2.67. The second kappa shape index (κ2) is 4.82. The topological polar surface area (TPSA) is 18.8 Å². The fourth-order valence-electron chi connectivity index (χ4n) is 2.67. The Morgan fingerprint density at radius 3 is 2.60 bits per heavy atom. The summed E-state index contributed by atoms with van der Waals surface area (Å²) >= 11 is 0. The minimum absolute atomic E-state index is 0.427. The smallest absolute Gasteiger partial charge is 0.0686 e. The van der Waals surface area contributed by atoms with E-state index < -0.39 is 0 Å². The lowest BCUT2D eigenvalue weighted by Crippen LogP contribution is -2.23. The maximum atomic E-state index is 4.88. The molecule has 0 saturated heterocycles. The van der Waals surface area contributed by atoms with Gasteiger partial charge in [-0.05, 0) is 36.3 Å². The van der Waals surface area contributed by atoms with Crippen LogP contribution in [0.5, 0.6) is 0 Å². The van der Waals surface area contributed by atoms with E-state index in [1.807, 2.05) is 0 Å². The SMILES string of the molecule is CN(C)C1=CC2=Nc3cc(N(C)C)ccc3CC2C=C1. The molecule has 0 spiro atoms. The van der Waals surface area contributed by atoms with Gasteiger partial charge in [-0.3, -0.25) is 4.99 Å². The van der Waals surface area contributed by atoms with Crippen molar-refractivity contribution in [2.24, 2.45) is 10.9 Å². The van der Waals surface area contributed by atoms with Gasteiger partial charge < -0.3 is 9.80 Å². The molecule has 104 valence electrons. The molecule has 0 radical (unpaired) electrons. The number of hydrogen-bond acceptors (Lipinski definition) is 3. The molecule has 0 amide bonds. The third kappa shape index (κ3) is 2.24. The summed E-state index contributed by atoms with van der Waals surface area (Å²) in [6.45, 7) is 0. The molecular formula is C17H21N3. The quantitative estimate of drug-likeness (QED) is 0.820. The van der Waals surface area contributed by atoms with Crippen molar-refractivity contribution in [2.45, 2.75) is 6.42 Å². The molecule has 1 atom stereocenters. The molecule has 0 aromatic heterocycles. The number of allylic oxidation sites excluding steroid dienone is 3. The molecule has 3 heteroatoms. The monoisotopic (exact) mass is 267 g/mol. The average Bonchev–Trinajstić information content (AvgIpc) is 2.43. The summed E-state index contributed by atoms with van der Waals surface area (Å²) in [5.41, 5.74) is 6.06. The van der Waals surface area contributed by atoms with E-state index in [0.29, 0.717) is 5.92 Å². The highest BCUT2D eigenvalue weighted by Crippen LogP contribution is 2.34. The number of nitrogens with zero attached hydrogens (tertiary/aromatic N) is 3. The molecule has 1 aromatic carbocycles. The summed E-state index contributed by atoms with van der Waals surface area (Å²) in [6, 6.07) is 6.57. The number of benzene rings is 1. The number of anilines is 1. The van der Waals surface area contributed by atoms with Crippen LogP contribution in [0.25, 0.3) is 0 Å². The van der Waals surface area contributed by atoms with E-state index in [0.717, 1.165) is 12.1 Å². The lowest BCUT2D eigenvalue weighted by atomic mass is 9.87. The van der Waals surface area contributed by atoms with E-state index in [2.05, 4.69) is 74.4 Å². The van der Waals surface area contributed by atoms with Crippen LogP contribution in [-0.4, -0.2) is 38.8 Å². The molecule has 3 rings (SSSR count). The third-order valence-electron chi connectivity index (χ3n) is 3.97. The summed E-state index contributed by atoms with van der Waals surface area (Å²) in [7, 11) is 8.26. The first-order valence-corrected chi connectivity index (χ1v) is 7.00. The molecule has 20 heavy (non-hydrogen) atoms. The van der Waals surface area contributed by atoms with Crippen molar-refractivity contribution >= 4 is 17.1 Å². The second-order valence-corrected chi connectivity index (χ2v) is 5.88. The highest BCUT2D eigenvalue weighted by atomic mass is 15.1. The predicted octanol–water partition coefficient (Wildman–Crippen LogP) is 3.01. The summed E-state index contributed by atoms with van der Waals surface area (Å²) in [6.07, 6.45) is 7.73. The first-order chi connectivity index (χ1) is 9.54. The van der Waals surface area contributed by atoms with Gasteiger partial charge in [0.15, 0.2) is 0 Å². The highest BCUT2D eigenvalue weighted by Gasteiger charge is 2.23. The number of likely N-dealkylation sites (N-methyl/N-ethyl adjacent to an activating group) is 1. The third-order valence-corrected chi connectivity index (χ3v) is 3.97. The van der Waals surface area contributed by atoms with Crippen LogP contribution in [0.4, 0.5) is 11.4 Å². The van der Waals surface area contributed by atoms with Gasteiger partial charge in [0.2, 0.25) is 0 Å². The predicted molar refractivity (Wildman–Crippen MR) is 86.0 cm³/mol. The second-order valence-electron chi connectivity index (χ2n) is 5.88. The van der Waals surface area contributed by atoms with E-state index in [1.54, 1.807) is 0 Å². The minimum Gasteiger partial charge on any atom is -0.378 e. The van der Waals surface area contributed by atoms with Gasteiger partial charge in [-0.1, -0.05) is 12.1 Å². The Hall–Kier alpha value is -2.03. The standard InChI is InChI=1S/C17H21N3/c1-19(2)14-7-5-12-9-13-6-8-15(20(3)4)11-17(13)18-16(12)10-14/h5-8,10-12H,9H2,1-4H3. The normalized spacial score (nSPS) is 19.7. The largest absolute Gasteiger partial charge is 0.378 e. The maximum absolute atomic E-state index is 4.88. The van der Waals surface area contributed by atoms with Gasteiger partial charge in [0, 0.05) is 45.5 Å². The molecule has 0 fully saturated rings. The Bertz CT molecular complexity index is 621. The first-order valence-electron chi connectivity index (χ1n) is 7.00. The van der Waals surface area contributed by atoms with Crippen molar-refractivity contribution in [1.82, 2.24) is 4.90 Å². The van der Waals surface area contributed by atoms with Crippen molar-refractivity contribution in [1.29, 1.82) is 0 Å². The van der Waals surface area contributed by atoms with E-state index in [9.17, 15) is 0 Å². The molecular weight excluding hydrogens is 246 g/mol. The lowest BCUT2D eigenvalue weighted by molar-refractivity contribution is 0.527. The Morgan fingerprint density at radius 1 is 1.10 bits per heavy atom. The molecule has 0 N–H and O–H groups in total. The molecule has 1 aliphatic heterocycles. The molecule has 1 unspecified atom stereocenters. The van der Waals surface area contributed by atoms with Gasteiger partial charge in [0.1, 0.15) is 0 Å². The zero-order chi connectivity index (χ0) is 14.3. The minimum atomic E-state index is 0.427. The molecule has 0 bridgehead atoms. The summed E-state index contributed by atoms with van der Waals surface area (Å²) in [5, 5.41) is 0. The molecule has 2 aliphatic rings. The van der Waals surface area contributed by atoms with Crippen LogP contribution in [0.3, 0.4) is 0 Å². The van der Waals surface area contributed by atoms with Gasteiger partial charge in [-0.15, -0.1) is 0 Å². The molecule has 0 saturated carbocycles. The summed E-state index contributed by atoms with van der Waals surface area (Å²) < 4.78 is 0. The molecule has 1 heterocycles. The zero-order valence-corrected chi connectivity index (χ0v) is 12.6. The Morgan fingerprint density at radius 2 is 1.90 bits per heavy atom. The van der Waals surface area contributed by atoms with Gasteiger partial charge >= 0.3 is 0 Å². The van der Waals surface area contributed by atoms with Gasteiger partial charge in [0.25, 0.3) is 0 Å². The number of aliphatic imine (C=N–C) groups is 1. The van der Waals surface area contributed by atoms with Crippen LogP contribution < -0.4 is 4.90 Å². The van der Waals surface area contributed by atoms with Crippen LogP contribution >= 0.6 is 0 Å². The molecule has 3 nitrogen and oxygen atoms in total. The first kappa shape index (κ1) is 13.0. The molecule has 1 aliphatic carbocycles. The van der Waals surface area contributed by atoms with Crippen molar-refractivity contribution in [3.63, 3.8) is 0 Å². The van der Waals surface area contributed by atoms with Gasteiger partial charge in [0.05, 0.1) is 11.4 Å². The lowest BCUT2D eigenvalue weighted by Gasteiger charge is -2.27. The van der Waals surface area contributed by atoms with Gasteiger partial charge in [-0.2, -0.15) is 0 Å². The van der Waals surface area contributed by atoms with Crippen molar-refractivity contribution in [3.8, 4) is 0 Å². The maximum Gasteiger partial charge on any atom is 0.0686 e. The van der Waals surface area contributed by atoms with Crippen molar-refractivity contribution in [2.75, 3.05) is 33.1 Å². The van der Waals surface area contributed by atoms with Gasteiger partial charge in [-0.25, -0.2) is 0 Å². The number of hydrogen-bond donors (Lipinski definition) is 0.